The van der Waals surface area contributed by atoms with E-state index in [2.05, 4.69) is 19.9 Å². The molecule has 0 atom stereocenters. The van der Waals surface area contributed by atoms with Crippen molar-refractivity contribution < 1.29 is 26.7 Å². The van der Waals surface area contributed by atoms with Gasteiger partial charge < -0.3 is 9.47 Å². The van der Waals surface area contributed by atoms with Gasteiger partial charge in [-0.3, -0.25) is 4.40 Å². The zero-order valence-electron chi connectivity index (χ0n) is 17.1. The predicted molar refractivity (Wildman–Crippen MR) is 111 cm³/mol. The molecule has 5 rings (SSSR count). The van der Waals surface area contributed by atoms with Gasteiger partial charge in [0, 0.05) is 30.6 Å². The molecule has 1 aliphatic carbocycles. The SMILES string of the molecule is CC1(NS(=O)(=O)c2cc(OC3CCOCC3)c3cnc(-c4nnc(C(F)F)s4)n3c2)CC1. The van der Waals surface area contributed by atoms with E-state index in [0.29, 0.717) is 48.7 Å². The number of sulfonamides is 1. The molecule has 1 saturated heterocycles. The lowest BCUT2D eigenvalue weighted by Gasteiger charge is -2.24. The standard InChI is InChI=1S/C19H21F2N5O4S2/c1-19(4-5-19)25-32(27,28)12-8-14(30-11-2-6-29-7-3-11)13-9-22-16(26(13)10-12)18-24-23-17(31-18)15(20)21/h8-11,15,25H,2-7H2,1H3. The van der Waals surface area contributed by atoms with Crippen LogP contribution in [-0.4, -0.2) is 52.9 Å². The number of hydrogen-bond donors (Lipinski definition) is 1. The average molecular weight is 486 g/mol. The van der Waals surface area contributed by atoms with Crippen LogP contribution in [0.15, 0.2) is 23.4 Å². The van der Waals surface area contributed by atoms with Crippen LogP contribution in [0.4, 0.5) is 8.78 Å². The summed E-state index contributed by atoms with van der Waals surface area (Å²) in [6.07, 6.45) is 2.91. The molecule has 3 aromatic heterocycles. The molecule has 0 bridgehead atoms. The predicted octanol–water partition coefficient (Wildman–Crippen LogP) is 3.18. The first-order chi connectivity index (χ1) is 15.2. The van der Waals surface area contributed by atoms with Gasteiger partial charge in [0.25, 0.3) is 6.43 Å². The highest BCUT2D eigenvalue weighted by atomic mass is 32.2. The highest BCUT2D eigenvalue weighted by Gasteiger charge is 2.41. The number of alkyl halides is 2. The third kappa shape index (κ3) is 4.21. The van der Waals surface area contributed by atoms with Gasteiger partial charge in [0.05, 0.1) is 19.4 Å². The minimum absolute atomic E-state index is 0.00182. The summed E-state index contributed by atoms with van der Waals surface area (Å²) >= 11 is 0.710. The molecule has 0 radical (unpaired) electrons. The molecule has 4 heterocycles. The van der Waals surface area contributed by atoms with Crippen LogP contribution in [0.5, 0.6) is 5.75 Å². The Morgan fingerprint density at radius 2 is 2.06 bits per heavy atom. The average Bonchev–Trinajstić information content (AvgIpc) is 3.15. The zero-order valence-corrected chi connectivity index (χ0v) is 18.8. The van der Waals surface area contributed by atoms with Crippen molar-refractivity contribution in [3.63, 3.8) is 0 Å². The van der Waals surface area contributed by atoms with Crippen LogP contribution >= 0.6 is 11.3 Å². The van der Waals surface area contributed by atoms with Gasteiger partial charge >= 0.3 is 0 Å². The van der Waals surface area contributed by atoms with Gasteiger partial charge in [0.15, 0.2) is 15.8 Å². The molecule has 172 valence electrons. The Labute approximate surface area is 186 Å². The molecule has 3 aromatic rings. The van der Waals surface area contributed by atoms with Gasteiger partial charge in [-0.15, -0.1) is 10.2 Å². The van der Waals surface area contributed by atoms with E-state index in [9.17, 15) is 17.2 Å². The third-order valence-corrected chi connectivity index (χ3v) is 8.08. The number of rotatable bonds is 7. The molecule has 0 spiro atoms. The second-order valence-corrected chi connectivity index (χ2v) is 10.9. The summed E-state index contributed by atoms with van der Waals surface area (Å²) < 4.78 is 68.0. The van der Waals surface area contributed by atoms with Crippen molar-refractivity contribution in [1.82, 2.24) is 24.3 Å². The fourth-order valence-electron chi connectivity index (χ4n) is 3.50. The Balaban J connectivity index is 1.61. The molecule has 0 unspecified atom stereocenters. The minimum atomic E-state index is -3.85. The first-order valence-corrected chi connectivity index (χ1v) is 12.5. The Morgan fingerprint density at radius 1 is 1.31 bits per heavy atom. The first-order valence-electron chi connectivity index (χ1n) is 10.2. The number of nitrogens with one attached hydrogen (secondary N) is 1. The van der Waals surface area contributed by atoms with E-state index in [1.807, 2.05) is 6.92 Å². The number of halogens is 2. The van der Waals surface area contributed by atoms with Gasteiger partial charge in [0.1, 0.15) is 22.3 Å². The van der Waals surface area contributed by atoms with Crippen LogP contribution in [0.25, 0.3) is 16.3 Å². The number of ether oxygens (including phenoxy) is 2. The Bertz CT molecular complexity index is 1250. The largest absolute Gasteiger partial charge is 0.488 e. The summed E-state index contributed by atoms with van der Waals surface area (Å²) in [5, 5.41) is 7.06. The van der Waals surface area contributed by atoms with Gasteiger partial charge in [-0.05, 0) is 19.8 Å². The van der Waals surface area contributed by atoms with E-state index in [0.717, 1.165) is 12.8 Å². The van der Waals surface area contributed by atoms with Gasteiger partial charge in [-0.25, -0.2) is 26.9 Å². The van der Waals surface area contributed by atoms with Crippen molar-refractivity contribution in [2.45, 2.75) is 55.6 Å². The molecule has 1 N–H and O–H groups in total. The molecule has 0 amide bonds. The van der Waals surface area contributed by atoms with Gasteiger partial charge in [0.2, 0.25) is 10.0 Å². The van der Waals surface area contributed by atoms with Crippen molar-refractivity contribution >= 4 is 26.9 Å². The van der Waals surface area contributed by atoms with Gasteiger partial charge in [-0.2, -0.15) is 0 Å². The van der Waals surface area contributed by atoms with Gasteiger partial charge in [-0.1, -0.05) is 11.3 Å². The Kier molecular flexibility index (Phi) is 5.39. The summed E-state index contributed by atoms with van der Waals surface area (Å²) in [5.74, 6) is 0.564. The lowest BCUT2D eigenvalue weighted by Crippen LogP contribution is -2.34. The van der Waals surface area contributed by atoms with E-state index in [-0.39, 0.29) is 21.8 Å². The second kappa shape index (κ2) is 7.97. The van der Waals surface area contributed by atoms with Crippen LogP contribution in [0.3, 0.4) is 0 Å². The molecule has 0 aromatic carbocycles. The van der Waals surface area contributed by atoms with E-state index in [1.165, 1.54) is 22.9 Å². The fraction of sp³-hybridized carbons (Fsp3) is 0.526. The maximum absolute atomic E-state index is 13.1. The quantitative estimate of drug-likeness (QED) is 0.548. The molecular weight excluding hydrogens is 464 g/mol. The minimum Gasteiger partial charge on any atom is -0.488 e. The van der Waals surface area contributed by atoms with E-state index < -0.39 is 27.0 Å². The third-order valence-electron chi connectivity index (χ3n) is 5.55. The summed E-state index contributed by atoms with van der Waals surface area (Å²) in [6.45, 7) is 2.97. The smallest absolute Gasteiger partial charge is 0.291 e. The molecular formula is C19H21F2N5O4S2. The number of nitrogens with zero attached hydrogens (tertiary/aromatic N) is 4. The lowest BCUT2D eigenvalue weighted by molar-refractivity contribution is 0.0259. The van der Waals surface area contributed by atoms with Crippen molar-refractivity contribution in [2.24, 2.45) is 0 Å². The summed E-state index contributed by atoms with van der Waals surface area (Å²) in [4.78, 5) is 4.31. The van der Waals surface area contributed by atoms with Crippen molar-refractivity contribution in [1.29, 1.82) is 0 Å². The van der Waals surface area contributed by atoms with Crippen LogP contribution in [-0.2, 0) is 14.8 Å². The van der Waals surface area contributed by atoms with Crippen molar-refractivity contribution in [3.8, 4) is 16.6 Å². The zero-order chi connectivity index (χ0) is 22.5. The fourth-order valence-corrected chi connectivity index (χ4v) is 5.67. The number of hydrogen-bond acceptors (Lipinski definition) is 8. The van der Waals surface area contributed by atoms with Crippen LogP contribution < -0.4 is 9.46 Å². The second-order valence-electron chi connectivity index (χ2n) is 8.22. The number of fused-ring (bicyclic) bond motifs is 1. The molecule has 2 aliphatic rings. The number of pyridine rings is 1. The molecule has 1 aliphatic heterocycles. The summed E-state index contributed by atoms with van der Waals surface area (Å²) in [7, 11) is -3.85. The molecule has 32 heavy (non-hydrogen) atoms. The van der Waals surface area contributed by atoms with E-state index in [4.69, 9.17) is 9.47 Å². The van der Waals surface area contributed by atoms with Crippen LogP contribution in [0.1, 0.15) is 44.0 Å². The van der Waals surface area contributed by atoms with E-state index >= 15 is 0 Å². The molecule has 2 fully saturated rings. The highest BCUT2D eigenvalue weighted by Crippen LogP contribution is 2.37. The normalized spacial score (nSPS) is 19.0. The first kappa shape index (κ1) is 21.6. The lowest BCUT2D eigenvalue weighted by atomic mass is 10.1. The number of aromatic nitrogens is 4. The maximum Gasteiger partial charge on any atom is 0.291 e. The van der Waals surface area contributed by atoms with Crippen LogP contribution in [0, 0.1) is 0 Å². The topological polar surface area (TPSA) is 108 Å². The maximum atomic E-state index is 13.1. The van der Waals surface area contributed by atoms with Crippen LogP contribution in [0.2, 0.25) is 0 Å². The van der Waals surface area contributed by atoms with Crippen molar-refractivity contribution in [3.05, 3.63) is 23.5 Å². The highest BCUT2D eigenvalue weighted by molar-refractivity contribution is 7.89. The number of imidazole rings is 1. The monoisotopic (exact) mass is 485 g/mol. The molecule has 9 nitrogen and oxygen atoms in total. The Morgan fingerprint density at radius 3 is 2.72 bits per heavy atom. The summed E-state index contributed by atoms with van der Waals surface area (Å²) in [5.41, 5.74) is 0.0514. The summed E-state index contributed by atoms with van der Waals surface area (Å²) in [6, 6.07) is 1.48. The molecule has 13 heteroatoms. The molecule has 1 saturated carbocycles. The Hall–Kier alpha value is -2.22. The van der Waals surface area contributed by atoms with E-state index in [1.54, 1.807) is 0 Å². The van der Waals surface area contributed by atoms with Crippen molar-refractivity contribution in [2.75, 3.05) is 13.2 Å².